The summed E-state index contributed by atoms with van der Waals surface area (Å²) in [6.45, 7) is -0.320. The number of hydrogen-bond acceptors (Lipinski definition) is 4. The third-order valence-corrected chi connectivity index (χ3v) is 2.68. The van der Waals surface area contributed by atoms with E-state index in [1.807, 2.05) is 0 Å². The van der Waals surface area contributed by atoms with Gasteiger partial charge in [-0.2, -0.15) is 0 Å². The molecule has 1 aromatic rings. The third-order valence-electron chi connectivity index (χ3n) is 2.09. The topological polar surface area (TPSA) is 84.9 Å². The van der Waals surface area contributed by atoms with Gasteiger partial charge in [0.2, 0.25) is 6.79 Å². The van der Waals surface area contributed by atoms with E-state index in [1.54, 1.807) is 6.07 Å². The molecule has 0 saturated heterocycles. The average Bonchev–Trinajstić information content (AvgIpc) is 2.74. The monoisotopic (exact) mass is 301 g/mol. The highest BCUT2D eigenvalue weighted by Gasteiger charge is 2.20. The van der Waals surface area contributed by atoms with Crippen LogP contribution in [-0.2, 0) is 4.79 Å². The van der Waals surface area contributed by atoms with Crippen LogP contribution in [0.25, 0.3) is 0 Å². The van der Waals surface area contributed by atoms with Crippen LogP contribution in [-0.4, -0.2) is 30.3 Å². The fourth-order valence-corrected chi connectivity index (χ4v) is 1.91. The molecule has 0 spiro atoms. The molecule has 0 radical (unpaired) electrons. The number of rotatable bonds is 3. The molecule has 90 valence electrons. The number of nitrogens with one attached hydrogen (secondary N) is 1. The lowest BCUT2D eigenvalue weighted by Gasteiger charge is -2.05. The molecular weight excluding hydrogens is 294 g/mol. The number of carboxylic acids is 1. The summed E-state index contributed by atoms with van der Waals surface area (Å²) >= 11 is 3.25. The highest BCUT2D eigenvalue weighted by molar-refractivity contribution is 9.10. The Balaban J connectivity index is 2.19. The Hall–Kier alpha value is -1.76. The molecule has 6 nitrogen and oxygen atoms in total. The second-order valence-electron chi connectivity index (χ2n) is 3.27. The number of carboxylic acid groups (broad SMARTS) is 1. The Bertz CT molecular complexity index is 488. The van der Waals surface area contributed by atoms with Gasteiger partial charge in [0.05, 0.1) is 4.47 Å². The number of fused-ring (bicyclic) bond motifs is 1. The van der Waals surface area contributed by atoms with Gasteiger partial charge in [-0.15, -0.1) is 0 Å². The smallest absolute Gasteiger partial charge is 0.322 e. The maximum absolute atomic E-state index is 11.6. The quantitative estimate of drug-likeness (QED) is 0.870. The molecule has 7 heteroatoms. The van der Waals surface area contributed by atoms with Crippen molar-refractivity contribution in [2.45, 2.75) is 0 Å². The molecule has 0 unspecified atom stereocenters. The van der Waals surface area contributed by atoms with E-state index in [2.05, 4.69) is 21.2 Å². The summed E-state index contributed by atoms with van der Waals surface area (Å²) in [5.74, 6) is -0.579. The van der Waals surface area contributed by atoms with Crippen molar-refractivity contribution in [1.29, 1.82) is 0 Å². The first kappa shape index (κ1) is 11.7. The van der Waals surface area contributed by atoms with Crippen LogP contribution in [0, 0.1) is 0 Å². The molecule has 0 aromatic heterocycles. The number of hydrogen-bond donors (Lipinski definition) is 2. The second kappa shape index (κ2) is 4.62. The number of carbonyl (C=O) groups excluding carboxylic acids is 1. The lowest BCUT2D eigenvalue weighted by atomic mass is 10.2. The highest BCUT2D eigenvalue weighted by atomic mass is 79.9. The average molecular weight is 302 g/mol. The number of benzene rings is 1. The fourth-order valence-electron chi connectivity index (χ4n) is 1.36. The molecular formula is C10H8BrNO5. The van der Waals surface area contributed by atoms with Crippen LogP contribution >= 0.6 is 15.9 Å². The molecule has 1 aliphatic heterocycles. The predicted molar refractivity (Wildman–Crippen MR) is 60.2 cm³/mol. The molecule has 1 heterocycles. The van der Waals surface area contributed by atoms with Crippen LogP contribution in [0.3, 0.4) is 0 Å². The molecule has 1 amide bonds. The van der Waals surface area contributed by atoms with Crippen LogP contribution in [0.1, 0.15) is 10.4 Å². The summed E-state index contributed by atoms with van der Waals surface area (Å²) < 4.78 is 10.9. The normalized spacial score (nSPS) is 12.3. The van der Waals surface area contributed by atoms with Gasteiger partial charge in [-0.25, -0.2) is 0 Å². The van der Waals surface area contributed by atoms with Gasteiger partial charge < -0.3 is 19.9 Å². The Kier molecular flexibility index (Phi) is 3.19. The van der Waals surface area contributed by atoms with E-state index < -0.39 is 18.4 Å². The van der Waals surface area contributed by atoms with E-state index >= 15 is 0 Å². The molecule has 0 fully saturated rings. The van der Waals surface area contributed by atoms with E-state index in [9.17, 15) is 9.59 Å². The molecule has 1 aliphatic rings. The Morgan fingerprint density at radius 3 is 2.88 bits per heavy atom. The Morgan fingerprint density at radius 1 is 1.41 bits per heavy atom. The zero-order valence-corrected chi connectivity index (χ0v) is 10.1. The van der Waals surface area contributed by atoms with Crippen LogP contribution in [0.15, 0.2) is 16.6 Å². The van der Waals surface area contributed by atoms with E-state index in [0.29, 0.717) is 21.5 Å². The molecule has 17 heavy (non-hydrogen) atoms. The zero-order chi connectivity index (χ0) is 12.4. The summed E-state index contributed by atoms with van der Waals surface area (Å²) in [6.07, 6.45) is 0. The lowest BCUT2D eigenvalue weighted by Crippen LogP contribution is -2.29. The van der Waals surface area contributed by atoms with Crippen molar-refractivity contribution in [2.75, 3.05) is 13.3 Å². The zero-order valence-electron chi connectivity index (χ0n) is 8.53. The molecule has 0 aliphatic carbocycles. The molecule has 0 saturated carbocycles. The van der Waals surface area contributed by atoms with Gasteiger partial charge in [0.15, 0.2) is 11.5 Å². The van der Waals surface area contributed by atoms with Crippen molar-refractivity contribution in [2.24, 2.45) is 0 Å². The van der Waals surface area contributed by atoms with E-state index in [1.165, 1.54) is 6.07 Å². The second-order valence-corrected chi connectivity index (χ2v) is 4.12. The molecule has 2 N–H and O–H groups in total. The highest BCUT2D eigenvalue weighted by Crippen LogP contribution is 2.39. The van der Waals surface area contributed by atoms with Gasteiger partial charge in [-0.3, -0.25) is 9.59 Å². The SMILES string of the molecule is O=C(O)CNC(=O)c1cc(Br)c2c(c1)OCO2. The van der Waals surface area contributed by atoms with Crippen LogP contribution in [0.2, 0.25) is 0 Å². The van der Waals surface area contributed by atoms with Crippen molar-refractivity contribution in [3.63, 3.8) is 0 Å². The minimum absolute atomic E-state index is 0.105. The van der Waals surface area contributed by atoms with Gasteiger partial charge >= 0.3 is 5.97 Å². The van der Waals surface area contributed by atoms with Crippen molar-refractivity contribution < 1.29 is 24.2 Å². The van der Waals surface area contributed by atoms with Crippen LogP contribution in [0.5, 0.6) is 11.5 Å². The van der Waals surface area contributed by atoms with Gasteiger partial charge in [-0.1, -0.05) is 0 Å². The predicted octanol–water partition coefficient (Wildman–Crippen LogP) is 0.992. The first-order chi connectivity index (χ1) is 8.08. The third kappa shape index (κ3) is 2.50. The van der Waals surface area contributed by atoms with Crippen molar-refractivity contribution in [3.05, 3.63) is 22.2 Å². The van der Waals surface area contributed by atoms with Gasteiger partial charge in [-0.05, 0) is 28.1 Å². The van der Waals surface area contributed by atoms with Crippen LogP contribution in [0.4, 0.5) is 0 Å². The lowest BCUT2D eigenvalue weighted by molar-refractivity contribution is -0.135. The summed E-state index contributed by atoms with van der Waals surface area (Å²) in [7, 11) is 0. The number of ether oxygens (including phenoxy) is 2. The maximum atomic E-state index is 11.6. The van der Waals surface area contributed by atoms with E-state index in [0.717, 1.165) is 0 Å². The van der Waals surface area contributed by atoms with Crippen molar-refractivity contribution >= 4 is 27.8 Å². The first-order valence-electron chi connectivity index (χ1n) is 4.67. The molecule has 1 aromatic carbocycles. The number of carbonyl (C=O) groups is 2. The summed E-state index contributed by atoms with van der Waals surface area (Å²) in [5, 5.41) is 10.7. The summed E-state index contributed by atoms with van der Waals surface area (Å²) in [5.41, 5.74) is 0.308. The molecule has 2 rings (SSSR count). The summed E-state index contributed by atoms with van der Waals surface area (Å²) in [4.78, 5) is 21.9. The van der Waals surface area contributed by atoms with Crippen molar-refractivity contribution in [1.82, 2.24) is 5.32 Å². The van der Waals surface area contributed by atoms with Crippen molar-refractivity contribution in [3.8, 4) is 11.5 Å². The number of aliphatic carboxylic acids is 1. The van der Waals surface area contributed by atoms with Gasteiger partial charge in [0.1, 0.15) is 6.54 Å². The minimum atomic E-state index is -1.10. The van der Waals surface area contributed by atoms with E-state index in [-0.39, 0.29) is 6.79 Å². The Labute approximate surface area is 105 Å². The molecule has 0 bridgehead atoms. The number of amides is 1. The minimum Gasteiger partial charge on any atom is -0.480 e. The first-order valence-corrected chi connectivity index (χ1v) is 5.46. The largest absolute Gasteiger partial charge is 0.480 e. The van der Waals surface area contributed by atoms with Crippen LogP contribution < -0.4 is 14.8 Å². The number of halogens is 1. The standard InChI is InChI=1S/C10H8BrNO5/c11-6-1-5(10(15)12-3-8(13)14)2-7-9(6)17-4-16-7/h1-2H,3-4H2,(H,12,15)(H,13,14). The van der Waals surface area contributed by atoms with E-state index in [4.69, 9.17) is 14.6 Å². The fraction of sp³-hybridized carbons (Fsp3) is 0.200. The molecule has 0 atom stereocenters. The summed E-state index contributed by atoms with van der Waals surface area (Å²) in [6, 6.07) is 3.05. The Morgan fingerprint density at radius 2 is 2.18 bits per heavy atom. The maximum Gasteiger partial charge on any atom is 0.322 e. The van der Waals surface area contributed by atoms with Gasteiger partial charge in [0, 0.05) is 5.56 Å². The van der Waals surface area contributed by atoms with Gasteiger partial charge in [0.25, 0.3) is 5.91 Å².